The number of ether oxygens (including phenoxy) is 1. The van der Waals surface area contributed by atoms with Gasteiger partial charge in [0.15, 0.2) is 0 Å². The van der Waals surface area contributed by atoms with Crippen LogP contribution in [0, 0.1) is 5.92 Å². The van der Waals surface area contributed by atoms with Crippen LogP contribution in [0.25, 0.3) is 0 Å². The highest BCUT2D eigenvalue weighted by molar-refractivity contribution is 5.28. The molecule has 1 aliphatic carbocycles. The Bertz CT molecular complexity index is 343. The first-order valence-electron chi connectivity index (χ1n) is 6.77. The Morgan fingerprint density at radius 2 is 2.00 bits per heavy atom. The summed E-state index contributed by atoms with van der Waals surface area (Å²) >= 11 is 0. The minimum Gasteiger partial charge on any atom is -0.490 e. The van der Waals surface area contributed by atoms with Crippen LogP contribution in [0.15, 0.2) is 24.3 Å². The number of hydrogen-bond acceptors (Lipinski definition) is 2. The van der Waals surface area contributed by atoms with Gasteiger partial charge < -0.3 is 10.5 Å². The van der Waals surface area contributed by atoms with Crippen LogP contribution < -0.4 is 10.5 Å². The van der Waals surface area contributed by atoms with Gasteiger partial charge in [0.25, 0.3) is 0 Å². The summed E-state index contributed by atoms with van der Waals surface area (Å²) in [6.45, 7) is 3.00. The summed E-state index contributed by atoms with van der Waals surface area (Å²) in [6, 6.07) is 8.46. The summed E-state index contributed by atoms with van der Waals surface area (Å²) < 4.78 is 6.05. The molecule has 0 aromatic heterocycles. The third-order valence-corrected chi connectivity index (χ3v) is 3.74. The van der Waals surface area contributed by atoms with E-state index in [2.05, 4.69) is 31.2 Å². The molecule has 0 amide bonds. The third-order valence-electron chi connectivity index (χ3n) is 3.74. The Labute approximate surface area is 104 Å². The van der Waals surface area contributed by atoms with Gasteiger partial charge in [-0.15, -0.1) is 0 Å². The summed E-state index contributed by atoms with van der Waals surface area (Å²) in [4.78, 5) is 0. The number of rotatable bonds is 4. The van der Waals surface area contributed by atoms with Gasteiger partial charge in [-0.05, 0) is 62.3 Å². The topological polar surface area (TPSA) is 35.2 Å². The van der Waals surface area contributed by atoms with E-state index >= 15 is 0 Å². The lowest BCUT2D eigenvalue weighted by Gasteiger charge is -2.28. The maximum atomic E-state index is 6.05. The zero-order valence-corrected chi connectivity index (χ0v) is 10.7. The van der Waals surface area contributed by atoms with Crippen LogP contribution in [0.4, 0.5) is 0 Å². The molecule has 0 radical (unpaired) electrons. The van der Waals surface area contributed by atoms with Crippen molar-refractivity contribution in [3.8, 4) is 5.75 Å². The van der Waals surface area contributed by atoms with Gasteiger partial charge in [-0.1, -0.05) is 19.1 Å². The number of hydrogen-bond donors (Lipinski definition) is 1. The minimum atomic E-state index is 0.393. The van der Waals surface area contributed by atoms with E-state index < -0.39 is 0 Å². The minimum absolute atomic E-state index is 0.393. The second-order valence-corrected chi connectivity index (χ2v) is 5.00. The fourth-order valence-electron chi connectivity index (χ4n) is 2.52. The smallest absolute Gasteiger partial charge is 0.119 e. The second kappa shape index (κ2) is 6.06. The van der Waals surface area contributed by atoms with Crippen LogP contribution in [0.1, 0.15) is 38.2 Å². The van der Waals surface area contributed by atoms with Gasteiger partial charge in [-0.3, -0.25) is 0 Å². The van der Waals surface area contributed by atoms with Crippen LogP contribution in [0.2, 0.25) is 0 Å². The Balaban J connectivity index is 1.88. The van der Waals surface area contributed by atoms with Crippen molar-refractivity contribution in [2.24, 2.45) is 11.7 Å². The molecule has 1 fully saturated rings. The van der Waals surface area contributed by atoms with Gasteiger partial charge in [0.2, 0.25) is 0 Å². The highest BCUT2D eigenvalue weighted by Crippen LogP contribution is 2.27. The number of aryl methyl sites for hydroxylation is 1. The lowest BCUT2D eigenvalue weighted by atomic mass is 9.87. The lowest BCUT2D eigenvalue weighted by Crippen LogP contribution is -2.27. The normalized spacial score (nSPS) is 24.6. The molecular formula is C15H23NO. The van der Waals surface area contributed by atoms with Crippen molar-refractivity contribution < 1.29 is 4.74 Å². The number of benzene rings is 1. The second-order valence-electron chi connectivity index (χ2n) is 5.00. The average Bonchev–Trinajstić information content (AvgIpc) is 2.40. The van der Waals surface area contributed by atoms with Gasteiger partial charge in [-0.25, -0.2) is 0 Å². The summed E-state index contributed by atoms with van der Waals surface area (Å²) in [5, 5.41) is 0. The largest absolute Gasteiger partial charge is 0.490 e. The maximum Gasteiger partial charge on any atom is 0.119 e. The van der Waals surface area contributed by atoms with Crippen LogP contribution in [-0.4, -0.2) is 12.6 Å². The van der Waals surface area contributed by atoms with Crippen molar-refractivity contribution in [1.29, 1.82) is 0 Å². The zero-order valence-electron chi connectivity index (χ0n) is 10.7. The predicted molar refractivity (Wildman–Crippen MR) is 71.2 cm³/mol. The van der Waals surface area contributed by atoms with Gasteiger partial charge in [0.05, 0.1) is 6.10 Å². The highest BCUT2D eigenvalue weighted by Gasteiger charge is 2.21. The predicted octanol–water partition coefficient (Wildman–Crippen LogP) is 3.15. The molecule has 0 bridgehead atoms. The van der Waals surface area contributed by atoms with E-state index in [1.165, 1.54) is 18.4 Å². The van der Waals surface area contributed by atoms with Crippen LogP contribution in [0.5, 0.6) is 5.75 Å². The number of nitrogens with two attached hydrogens (primary N) is 1. The van der Waals surface area contributed by atoms with E-state index in [1.54, 1.807) is 0 Å². The molecule has 0 heterocycles. The van der Waals surface area contributed by atoms with Crippen LogP contribution in [0.3, 0.4) is 0 Å². The van der Waals surface area contributed by atoms with Crippen molar-refractivity contribution in [2.75, 3.05) is 6.54 Å². The summed E-state index contributed by atoms with van der Waals surface area (Å²) in [7, 11) is 0. The fraction of sp³-hybridized carbons (Fsp3) is 0.600. The molecule has 2 N–H and O–H groups in total. The molecular weight excluding hydrogens is 210 g/mol. The monoisotopic (exact) mass is 233 g/mol. The average molecular weight is 233 g/mol. The first kappa shape index (κ1) is 12.4. The summed E-state index contributed by atoms with van der Waals surface area (Å²) in [6.07, 6.45) is 6.20. The van der Waals surface area contributed by atoms with E-state index in [0.717, 1.165) is 37.5 Å². The quantitative estimate of drug-likeness (QED) is 0.867. The van der Waals surface area contributed by atoms with Crippen LogP contribution in [-0.2, 0) is 6.42 Å². The summed E-state index contributed by atoms with van der Waals surface area (Å²) in [5.41, 5.74) is 7.04. The van der Waals surface area contributed by atoms with Gasteiger partial charge in [-0.2, -0.15) is 0 Å². The van der Waals surface area contributed by atoms with Gasteiger partial charge in [0.1, 0.15) is 5.75 Å². The van der Waals surface area contributed by atoms with E-state index in [1.807, 2.05) is 0 Å². The molecule has 0 atom stereocenters. The molecule has 2 heteroatoms. The van der Waals surface area contributed by atoms with E-state index in [0.29, 0.717) is 6.10 Å². The molecule has 0 aliphatic heterocycles. The first-order chi connectivity index (χ1) is 8.31. The van der Waals surface area contributed by atoms with E-state index in [4.69, 9.17) is 10.5 Å². The summed E-state index contributed by atoms with van der Waals surface area (Å²) in [5.74, 6) is 1.75. The lowest BCUT2D eigenvalue weighted by molar-refractivity contribution is 0.133. The molecule has 1 saturated carbocycles. The standard InChI is InChI=1S/C15H23NO/c1-2-12-4-3-5-15(10-12)17-14-8-6-13(11-16)7-9-14/h3-5,10,13-14H,2,6-9,11,16H2,1H3. The molecule has 2 nitrogen and oxygen atoms in total. The SMILES string of the molecule is CCc1cccc(OC2CCC(CN)CC2)c1. The van der Waals surface area contributed by atoms with Gasteiger partial charge in [0, 0.05) is 0 Å². The van der Waals surface area contributed by atoms with Crippen molar-refractivity contribution >= 4 is 0 Å². The van der Waals surface area contributed by atoms with Crippen molar-refractivity contribution in [1.82, 2.24) is 0 Å². The third kappa shape index (κ3) is 3.47. The molecule has 1 aliphatic rings. The first-order valence-corrected chi connectivity index (χ1v) is 6.77. The Hall–Kier alpha value is -1.02. The molecule has 0 unspecified atom stereocenters. The zero-order chi connectivity index (χ0) is 12.1. The molecule has 2 rings (SSSR count). The van der Waals surface area contributed by atoms with Crippen molar-refractivity contribution in [3.63, 3.8) is 0 Å². The van der Waals surface area contributed by atoms with Gasteiger partial charge >= 0.3 is 0 Å². The van der Waals surface area contributed by atoms with E-state index in [-0.39, 0.29) is 0 Å². The van der Waals surface area contributed by atoms with Crippen molar-refractivity contribution in [2.45, 2.75) is 45.1 Å². The molecule has 94 valence electrons. The Morgan fingerprint density at radius 3 is 2.65 bits per heavy atom. The Kier molecular flexibility index (Phi) is 4.43. The maximum absolute atomic E-state index is 6.05. The molecule has 1 aromatic rings. The Morgan fingerprint density at radius 1 is 1.24 bits per heavy atom. The fourth-order valence-corrected chi connectivity index (χ4v) is 2.52. The molecule has 0 saturated heterocycles. The molecule has 0 spiro atoms. The van der Waals surface area contributed by atoms with Crippen molar-refractivity contribution in [3.05, 3.63) is 29.8 Å². The van der Waals surface area contributed by atoms with Crippen LogP contribution >= 0.6 is 0 Å². The highest BCUT2D eigenvalue weighted by atomic mass is 16.5. The molecule has 17 heavy (non-hydrogen) atoms. The van der Waals surface area contributed by atoms with E-state index in [9.17, 15) is 0 Å². The molecule has 1 aromatic carbocycles.